The van der Waals surface area contributed by atoms with E-state index in [2.05, 4.69) is 21.7 Å². The van der Waals surface area contributed by atoms with E-state index in [0.29, 0.717) is 6.73 Å². The van der Waals surface area contributed by atoms with Gasteiger partial charge in [0.05, 0.1) is 16.9 Å². The number of thiazole rings is 1. The van der Waals surface area contributed by atoms with Gasteiger partial charge in [0.2, 0.25) is 0 Å². The maximum absolute atomic E-state index is 6.06. The largest absolute Gasteiger partial charge is 0.397 e. The van der Waals surface area contributed by atoms with Crippen LogP contribution in [0.2, 0.25) is 0 Å². The molecule has 0 spiro atoms. The molecule has 2 heterocycles. The minimum absolute atomic E-state index is 0.465. The van der Waals surface area contributed by atoms with Crippen LogP contribution in [-0.2, 0) is 11.5 Å². The second kappa shape index (κ2) is 4.44. The number of ether oxygens (including phenoxy) is 1. The van der Waals surface area contributed by atoms with Gasteiger partial charge in [-0.1, -0.05) is 12.1 Å². The van der Waals surface area contributed by atoms with Gasteiger partial charge in [-0.2, -0.15) is 0 Å². The molecule has 0 aliphatic rings. The zero-order valence-electron chi connectivity index (χ0n) is 9.96. The molecule has 3 rings (SSSR count). The number of benzene rings is 1. The molecule has 2 N–H and O–H groups in total. The summed E-state index contributed by atoms with van der Waals surface area (Å²) in [5.74, 6) is 0. The molecule has 0 radical (unpaired) electrons. The van der Waals surface area contributed by atoms with E-state index in [9.17, 15) is 0 Å². The molecule has 0 atom stereocenters. The van der Waals surface area contributed by atoms with Crippen molar-refractivity contribution in [3.05, 3.63) is 35.8 Å². The van der Waals surface area contributed by atoms with E-state index >= 15 is 0 Å². The van der Waals surface area contributed by atoms with Crippen molar-refractivity contribution in [3.63, 3.8) is 0 Å². The van der Waals surface area contributed by atoms with Gasteiger partial charge in [0.25, 0.3) is 0 Å². The van der Waals surface area contributed by atoms with Gasteiger partial charge in [0.1, 0.15) is 11.7 Å². The molecular formula is C13H13N3OS. The van der Waals surface area contributed by atoms with Crippen LogP contribution in [0.3, 0.4) is 0 Å². The van der Waals surface area contributed by atoms with E-state index in [1.54, 1.807) is 24.6 Å². The third kappa shape index (κ3) is 1.68. The number of nitrogens with zero attached hydrogens (tertiary/aromatic N) is 2. The predicted molar refractivity (Wildman–Crippen MR) is 74.5 cm³/mol. The van der Waals surface area contributed by atoms with Gasteiger partial charge in [-0.05, 0) is 12.1 Å². The molecule has 0 saturated heterocycles. The lowest BCUT2D eigenvalue weighted by atomic mass is 10.2. The first-order chi connectivity index (χ1) is 8.81. The van der Waals surface area contributed by atoms with E-state index < -0.39 is 0 Å². The molecule has 0 unspecified atom stereocenters. The molecule has 0 amide bonds. The number of fused-ring (bicyclic) bond motifs is 1. The molecule has 0 aliphatic heterocycles. The van der Waals surface area contributed by atoms with Gasteiger partial charge in [-0.3, -0.25) is 0 Å². The maximum atomic E-state index is 6.06. The van der Waals surface area contributed by atoms with E-state index in [1.807, 2.05) is 17.5 Å². The minimum Gasteiger partial charge on any atom is -0.397 e. The summed E-state index contributed by atoms with van der Waals surface area (Å²) >= 11 is 1.61. The third-order valence-corrected chi connectivity index (χ3v) is 3.66. The molecule has 2 aromatic heterocycles. The standard InChI is InChI=1S/C13H13N3OS/c1-17-8-16-11(13-15-5-6-18-13)7-9-3-2-4-10(14)12(9)16/h2-7H,8,14H2,1H3. The van der Waals surface area contributed by atoms with Crippen molar-refractivity contribution in [1.82, 2.24) is 9.55 Å². The number of nitrogens with two attached hydrogens (primary N) is 1. The van der Waals surface area contributed by atoms with Crippen molar-refractivity contribution < 1.29 is 4.74 Å². The van der Waals surface area contributed by atoms with Crippen LogP contribution in [0.5, 0.6) is 0 Å². The fraction of sp³-hybridized carbons (Fsp3) is 0.154. The Morgan fingerprint density at radius 2 is 2.33 bits per heavy atom. The number of hydrogen-bond acceptors (Lipinski definition) is 4. The predicted octanol–water partition coefficient (Wildman–Crippen LogP) is 2.95. The van der Waals surface area contributed by atoms with E-state index in [4.69, 9.17) is 10.5 Å². The van der Waals surface area contributed by atoms with Gasteiger partial charge >= 0.3 is 0 Å². The summed E-state index contributed by atoms with van der Waals surface area (Å²) in [5, 5.41) is 4.05. The lowest BCUT2D eigenvalue weighted by Crippen LogP contribution is -2.03. The van der Waals surface area contributed by atoms with Crippen LogP contribution in [0.15, 0.2) is 35.8 Å². The van der Waals surface area contributed by atoms with Crippen LogP contribution in [-0.4, -0.2) is 16.7 Å². The van der Waals surface area contributed by atoms with E-state index in [-0.39, 0.29) is 0 Å². The topological polar surface area (TPSA) is 53.1 Å². The molecule has 18 heavy (non-hydrogen) atoms. The number of aromatic nitrogens is 2. The molecule has 0 saturated carbocycles. The second-order valence-electron chi connectivity index (χ2n) is 4.00. The van der Waals surface area contributed by atoms with E-state index in [0.717, 1.165) is 27.3 Å². The van der Waals surface area contributed by atoms with Crippen molar-refractivity contribution in [2.45, 2.75) is 6.73 Å². The molecule has 4 nitrogen and oxygen atoms in total. The fourth-order valence-electron chi connectivity index (χ4n) is 2.14. The van der Waals surface area contributed by atoms with Gasteiger partial charge < -0.3 is 15.0 Å². The first-order valence-electron chi connectivity index (χ1n) is 5.58. The van der Waals surface area contributed by atoms with Crippen LogP contribution < -0.4 is 5.73 Å². The Hall–Kier alpha value is -1.85. The fourth-order valence-corrected chi connectivity index (χ4v) is 2.81. The van der Waals surface area contributed by atoms with Crippen LogP contribution >= 0.6 is 11.3 Å². The number of para-hydroxylation sites is 1. The Morgan fingerprint density at radius 1 is 1.44 bits per heavy atom. The zero-order chi connectivity index (χ0) is 12.5. The SMILES string of the molecule is COCn1c(-c2nccs2)cc2cccc(N)c21. The highest BCUT2D eigenvalue weighted by molar-refractivity contribution is 7.13. The lowest BCUT2D eigenvalue weighted by Gasteiger charge is -2.09. The summed E-state index contributed by atoms with van der Waals surface area (Å²) in [6, 6.07) is 8.01. The average molecular weight is 259 g/mol. The number of methoxy groups -OCH3 is 1. The third-order valence-electron chi connectivity index (χ3n) is 2.86. The van der Waals surface area contributed by atoms with Crippen LogP contribution in [0.25, 0.3) is 21.6 Å². The first-order valence-corrected chi connectivity index (χ1v) is 6.46. The Balaban J connectivity index is 2.31. The quantitative estimate of drug-likeness (QED) is 0.736. The van der Waals surface area contributed by atoms with Gasteiger partial charge in [0.15, 0.2) is 0 Å². The number of nitrogen functional groups attached to an aromatic ring is 1. The Labute approximate surface area is 109 Å². The van der Waals surface area contributed by atoms with Crippen molar-refractivity contribution in [2.24, 2.45) is 0 Å². The average Bonchev–Trinajstić information content (AvgIpc) is 2.97. The van der Waals surface area contributed by atoms with Crippen molar-refractivity contribution in [3.8, 4) is 10.7 Å². The van der Waals surface area contributed by atoms with Crippen LogP contribution in [0.4, 0.5) is 5.69 Å². The molecule has 92 valence electrons. The minimum atomic E-state index is 0.465. The number of rotatable bonds is 3. The first kappa shape index (κ1) is 11.3. The van der Waals surface area contributed by atoms with E-state index in [1.165, 1.54) is 0 Å². The lowest BCUT2D eigenvalue weighted by molar-refractivity contribution is 0.136. The highest BCUT2D eigenvalue weighted by Gasteiger charge is 2.13. The molecule has 3 aromatic rings. The van der Waals surface area contributed by atoms with Crippen LogP contribution in [0.1, 0.15) is 0 Å². The summed E-state index contributed by atoms with van der Waals surface area (Å²) in [6.07, 6.45) is 1.80. The molecular weight excluding hydrogens is 246 g/mol. The van der Waals surface area contributed by atoms with Crippen LogP contribution in [0, 0.1) is 0 Å². The highest BCUT2D eigenvalue weighted by Crippen LogP contribution is 2.32. The monoisotopic (exact) mass is 259 g/mol. The van der Waals surface area contributed by atoms with Crippen molar-refractivity contribution in [2.75, 3.05) is 12.8 Å². The highest BCUT2D eigenvalue weighted by atomic mass is 32.1. The second-order valence-corrected chi connectivity index (χ2v) is 4.89. The summed E-state index contributed by atoms with van der Waals surface area (Å²) in [7, 11) is 1.68. The van der Waals surface area contributed by atoms with Crippen molar-refractivity contribution >= 4 is 27.9 Å². The van der Waals surface area contributed by atoms with Gasteiger partial charge in [-0.15, -0.1) is 11.3 Å². The molecule has 0 aliphatic carbocycles. The van der Waals surface area contributed by atoms with Gasteiger partial charge in [-0.25, -0.2) is 4.98 Å². The molecule has 0 fully saturated rings. The summed E-state index contributed by atoms with van der Waals surface area (Å²) < 4.78 is 7.33. The maximum Gasteiger partial charge on any atom is 0.139 e. The molecule has 1 aromatic carbocycles. The smallest absolute Gasteiger partial charge is 0.139 e. The molecule has 5 heteroatoms. The van der Waals surface area contributed by atoms with Gasteiger partial charge in [0, 0.05) is 24.1 Å². The summed E-state index contributed by atoms with van der Waals surface area (Å²) in [5.41, 5.74) is 8.86. The molecule has 0 bridgehead atoms. The Morgan fingerprint density at radius 3 is 3.06 bits per heavy atom. The Kier molecular flexibility index (Phi) is 2.77. The Bertz CT molecular complexity index is 673. The summed E-state index contributed by atoms with van der Waals surface area (Å²) in [4.78, 5) is 4.36. The number of hydrogen-bond donors (Lipinski definition) is 1. The summed E-state index contributed by atoms with van der Waals surface area (Å²) in [6.45, 7) is 0.465. The zero-order valence-corrected chi connectivity index (χ0v) is 10.8. The van der Waals surface area contributed by atoms with Crippen molar-refractivity contribution in [1.29, 1.82) is 0 Å². The normalized spacial score (nSPS) is 11.2. The number of anilines is 1.